The first-order valence-electron chi connectivity index (χ1n) is 11.7. The van der Waals surface area contributed by atoms with Crippen molar-refractivity contribution in [3.63, 3.8) is 0 Å². The highest BCUT2D eigenvalue weighted by Gasteiger charge is 2.33. The van der Waals surface area contributed by atoms with Crippen LogP contribution in [0.1, 0.15) is 66.2 Å². The molecule has 0 aromatic rings. The first kappa shape index (κ1) is 31.3. The number of hydrogen-bond donors (Lipinski definition) is 7. The third kappa shape index (κ3) is 11.9. The van der Waals surface area contributed by atoms with E-state index in [1.165, 1.54) is 0 Å². The maximum Gasteiger partial charge on any atom is 0.326 e. The highest BCUT2D eigenvalue weighted by atomic mass is 16.4. The van der Waals surface area contributed by atoms with Crippen LogP contribution in [-0.2, 0) is 24.0 Å². The minimum atomic E-state index is -1.40. The summed E-state index contributed by atoms with van der Waals surface area (Å²) in [6, 6.07) is -4.45. The third-order valence-corrected chi connectivity index (χ3v) is 5.46. The van der Waals surface area contributed by atoms with Crippen LogP contribution in [0.15, 0.2) is 0 Å². The molecule has 0 saturated carbocycles. The van der Waals surface area contributed by atoms with Crippen molar-refractivity contribution in [3.05, 3.63) is 0 Å². The summed E-state index contributed by atoms with van der Waals surface area (Å²) in [5, 5.41) is 16.8. The summed E-state index contributed by atoms with van der Waals surface area (Å²) in [6.07, 6.45) is 1.93. The van der Waals surface area contributed by atoms with Crippen molar-refractivity contribution in [3.8, 4) is 0 Å². The molecule has 0 radical (unpaired) electrons. The predicted molar refractivity (Wildman–Crippen MR) is 127 cm³/mol. The van der Waals surface area contributed by atoms with Gasteiger partial charge in [0.1, 0.15) is 18.1 Å². The van der Waals surface area contributed by atoms with Crippen molar-refractivity contribution >= 4 is 29.6 Å². The Morgan fingerprint density at radius 1 is 0.882 bits per heavy atom. The van der Waals surface area contributed by atoms with Gasteiger partial charge in [0, 0.05) is 0 Å². The molecule has 0 fully saturated rings. The number of primary amides is 1. The first-order valence-corrected chi connectivity index (χ1v) is 11.7. The van der Waals surface area contributed by atoms with Gasteiger partial charge < -0.3 is 38.3 Å². The molecule has 34 heavy (non-hydrogen) atoms. The largest absolute Gasteiger partial charge is 0.480 e. The van der Waals surface area contributed by atoms with E-state index in [0.717, 1.165) is 0 Å². The van der Waals surface area contributed by atoms with Crippen molar-refractivity contribution in [2.24, 2.45) is 29.0 Å². The molecular formula is C22H42N6O6. The second-order valence-electron chi connectivity index (χ2n) is 9.02. The summed E-state index contributed by atoms with van der Waals surface area (Å²) in [5.41, 5.74) is 16.6. The Labute approximate surface area is 201 Å². The predicted octanol–water partition coefficient (Wildman–Crippen LogP) is -1.05. The van der Waals surface area contributed by atoms with Crippen LogP contribution in [0.3, 0.4) is 0 Å². The van der Waals surface area contributed by atoms with Crippen LogP contribution in [-0.4, -0.2) is 65.4 Å². The van der Waals surface area contributed by atoms with Crippen molar-refractivity contribution in [2.75, 3.05) is 6.54 Å². The molecule has 196 valence electrons. The Morgan fingerprint density at radius 3 is 1.94 bits per heavy atom. The van der Waals surface area contributed by atoms with E-state index < -0.39 is 60.2 Å². The summed E-state index contributed by atoms with van der Waals surface area (Å²) >= 11 is 0. The standard InChI is InChI=1S/C22H42N6O6/c1-5-13(4)18(28-19(30)14(24)8-6-7-9-23)21(32)26-15(11-17(25)29)20(31)27-16(22(33)34)10-12(2)3/h12-16,18H,5-11,23-24H2,1-4H3,(H2,25,29)(H,26,32)(H,27,31)(H,28,30)(H,33,34). The third-order valence-electron chi connectivity index (χ3n) is 5.46. The van der Waals surface area contributed by atoms with Gasteiger partial charge >= 0.3 is 5.97 Å². The fraction of sp³-hybridized carbons (Fsp3) is 0.773. The Kier molecular flexibility index (Phi) is 14.7. The number of unbranched alkanes of at least 4 members (excludes halogenated alkanes) is 1. The number of rotatable bonds is 17. The van der Waals surface area contributed by atoms with Crippen LogP contribution >= 0.6 is 0 Å². The van der Waals surface area contributed by atoms with Crippen LogP contribution in [0.4, 0.5) is 0 Å². The van der Waals surface area contributed by atoms with E-state index in [0.29, 0.717) is 32.2 Å². The minimum Gasteiger partial charge on any atom is -0.480 e. The Hall–Kier alpha value is -2.73. The van der Waals surface area contributed by atoms with Crippen LogP contribution in [0.2, 0.25) is 0 Å². The zero-order chi connectivity index (χ0) is 26.4. The highest BCUT2D eigenvalue weighted by Crippen LogP contribution is 2.11. The maximum atomic E-state index is 13.0. The molecule has 0 heterocycles. The van der Waals surface area contributed by atoms with E-state index in [4.69, 9.17) is 17.2 Å². The molecule has 5 atom stereocenters. The molecule has 0 aliphatic heterocycles. The topological polar surface area (TPSA) is 220 Å². The van der Waals surface area contributed by atoms with Gasteiger partial charge in [-0.05, 0) is 37.6 Å². The normalized spacial score (nSPS) is 15.5. The van der Waals surface area contributed by atoms with Crippen molar-refractivity contribution in [1.82, 2.24) is 16.0 Å². The molecule has 5 unspecified atom stereocenters. The number of carbonyl (C=O) groups excluding carboxylic acids is 4. The lowest BCUT2D eigenvalue weighted by Crippen LogP contribution is -2.59. The smallest absolute Gasteiger partial charge is 0.326 e. The van der Waals surface area contributed by atoms with Gasteiger partial charge in [-0.3, -0.25) is 19.2 Å². The fourth-order valence-electron chi connectivity index (χ4n) is 3.24. The first-order chi connectivity index (χ1) is 15.8. The summed E-state index contributed by atoms with van der Waals surface area (Å²) in [4.78, 5) is 61.3. The lowest BCUT2D eigenvalue weighted by Gasteiger charge is -2.27. The average molecular weight is 487 g/mol. The molecule has 12 heteroatoms. The number of aliphatic carboxylic acids is 1. The van der Waals surface area contributed by atoms with Gasteiger partial charge in [-0.15, -0.1) is 0 Å². The van der Waals surface area contributed by atoms with Gasteiger partial charge in [0.15, 0.2) is 0 Å². The molecule has 0 aliphatic rings. The van der Waals surface area contributed by atoms with Crippen LogP contribution < -0.4 is 33.2 Å². The fourth-order valence-corrected chi connectivity index (χ4v) is 3.24. The van der Waals surface area contributed by atoms with Gasteiger partial charge in [0.05, 0.1) is 12.5 Å². The Balaban J connectivity index is 5.49. The van der Waals surface area contributed by atoms with Crippen molar-refractivity contribution in [1.29, 1.82) is 0 Å². The highest BCUT2D eigenvalue weighted by molar-refractivity contribution is 5.96. The number of carboxylic acid groups (broad SMARTS) is 1. The van der Waals surface area contributed by atoms with Gasteiger partial charge in [-0.2, -0.15) is 0 Å². The molecule has 0 saturated heterocycles. The van der Waals surface area contributed by atoms with Crippen LogP contribution in [0, 0.1) is 11.8 Å². The van der Waals surface area contributed by atoms with E-state index in [1.807, 2.05) is 6.92 Å². The summed E-state index contributed by atoms with van der Waals surface area (Å²) in [6.45, 7) is 7.65. The molecule has 4 amide bonds. The lowest BCUT2D eigenvalue weighted by molar-refractivity contribution is -0.143. The number of carboxylic acids is 1. The molecular weight excluding hydrogens is 444 g/mol. The average Bonchev–Trinajstić information content (AvgIpc) is 2.74. The van der Waals surface area contributed by atoms with E-state index >= 15 is 0 Å². The van der Waals surface area contributed by atoms with Crippen molar-refractivity contribution < 1.29 is 29.1 Å². The molecule has 0 aliphatic carbocycles. The quantitative estimate of drug-likeness (QED) is 0.125. The van der Waals surface area contributed by atoms with E-state index in [9.17, 15) is 29.1 Å². The number of hydrogen-bond acceptors (Lipinski definition) is 7. The lowest BCUT2D eigenvalue weighted by atomic mass is 9.96. The van der Waals surface area contributed by atoms with Gasteiger partial charge in [-0.25, -0.2) is 4.79 Å². The summed E-state index contributed by atoms with van der Waals surface area (Å²) < 4.78 is 0. The maximum absolute atomic E-state index is 13.0. The molecule has 0 spiro atoms. The molecule has 0 aromatic heterocycles. The van der Waals surface area contributed by atoms with E-state index in [1.54, 1.807) is 20.8 Å². The Morgan fingerprint density at radius 2 is 1.47 bits per heavy atom. The molecule has 0 aromatic carbocycles. The van der Waals surface area contributed by atoms with Gasteiger partial charge in [-0.1, -0.05) is 40.5 Å². The molecule has 0 rings (SSSR count). The van der Waals surface area contributed by atoms with Gasteiger partial charge in [0.25, 0.3) is 0 Å². The second-order valence-corrected chi connectivity index (χ2v) is 9.02. The SMILES string of the molecule is CCC(C)C(NC(=O)C(N)CCCCN)C(=O)NC(CC(N)=O)C(=O)NC(CC(C)C)C(=O)O. The minimum absolute atomic E-state index is 0.0235. The Bertz CT molecular complexity index is 701. The zero-order valence-electron chi connectivity index (χ0n) is 20.6. The van der Waals surface area contributed by atoms with E-state index in [2.05, 4.69) is 16.0 Å². The zero-order valence-corrected chi connectivity index (χ0v) is 20.6. The number of carbonyl (C=O) groups is 5. The second kappa shape index (κ2) is 16.0. The molecule has 12 nitrogen and oxygen atoms in total. The molecule has 0 bridgehead atoms. The summed E-state index contributed by atoms with van der Waals surface area (Å²) in [7, 11) is 0. The van der Waals surface area contributed by atoms with Gasteiger partial charge in [0.2, 0.25) is 23.6 Å². The number of nitrogens with one attached hydrogen (secondary N) is 3. The van der Waals surface area contributed by atoms with Crippen LogP contribution in [0.25, 0.3) is 0 Å². The van der Waals surface area contributed by atoms with E-state index in [-0.39, 0.29) is 18.3 Å². The molecule has 10 N–H and O–H groups in total. The monoisotopic (exact) mass is 486 g/mol. The number of nitrogens with two attached hydrogens (primary N) is 3. The van der Waals surface area contributed by atoms with Crippen molar-refractivity contribution in [2.45, 2.75) is 90.4 Å². The number of amides is 4. The summed E-state index contributed by atoms with van der Waals surface area (Å²) in [5.74, 6) is -4.50. The van der Waals surface area contributed by atoms with Crippen LogP contribution in [0.5, 0.6) is 0 Å².